The van der Waals surface area contributed by atoms with Crippen LogP contribution in [-0.4, -0.2) is 30.3 Å². The number of amides is 2. The molecule has 4 heteroatoms. The molecule has 2 aromatic carbocycles. The Labute approximate surface area is 149 Å². The second-order valence-corrected chi connectivity index (χ2v) is 6.40. The molecular weight excluding hydrogens is 312 g/mol. The van der Waals surface area contributed by atoms with Crippen molar-refractivity contribution in [1.29, 1.82) is 0 Å². The lowest BCUT2D eigenvalue weighted by Gasteiger charge is -2.18. The van der Waals surface area contributed by atoms with Crippen molar-refractivity contribution < 1.29 is 9.59 Å². The summed E-state index contributed by atoms with van der Waals surface area (Å²) in [5, 5.41) is 2.89. The van der Waals surface area contributed by atoms with Crippen molar-refractivity contribution in [3.8, 4) is 0 Å². The van der Waals surface area contributed by atoms with Crippen LogP contribution in [0.3, 0.4) is 0 Å². The number of aryl methyl sites for hydroxylation is 3. The zero-order chi connectivity index (χ0) is 18.4. The van der Waals surface area contributed by atoms with Crippen LogP contribution < -0.4 is 5.32 Å². The SMILES string of the molecule is CCc1ccccc1NC(=O)CN(C)C(=O)Cc1ccc(C)c(C)c1. The summed E-state index contributed by atoms with van der Waals surface area (Å²) in [6, 6.07) is 13.7. The molecule has 0 saturated heterocycles. The normalized spacial score (nSPS) is 10.4. The lowest BCUT2D eigenvalue weighted by Crippen LogP contribution is -2.36. The van der Waals surface area contributed by atoms with E-state index in [0.717, 1.165) is 23.2 Å². The summed E-state index contributed by atoms with van der Waals surface area (Å²) >= 11 is 0. The minimum Gasteiger partial charge on any atom is -0.336 e. The van der Waals surface area contributed by atoms with Crippen LogP contribution >= 0.6 is 0 Å². The fourth-order valence-corrected chi connectivity index (χ4v) is 2.67. The van der Waals surface area contributed by atoms with Gasteiger partial charge in [-0.05, 0) is 48.6 Å². The summed E-state index contributed by atoms with van der Waals surface area (Å²) in [5.41, 5.74) is 5.24. The minimum absolute atomic E-state index is 0.0434. The molecule has 0 fully saturated rings. The van der Waals surface area contributed by atoms with Crippen molar-refractivity contribution in [3.63, 3.8) is 0 Å². The second kappa shape index (κ2) is 8.47. The molecule has 0 heterocycles. The van der Waals surface area contributed by atoms with Gasteiger partial charge in [-0.3, -0.25) is 9.59 Å². The van der Waals surface area contributed by atoms with E-state index in [4.69, 9.17) is 0 Å². The Balaban J connectivity index is 1.93. The Morgan fingerprint density at radius 2 is 1.76 bits per heavy atom. The van der Waals surface area contributed by atoms with E-state index in [1.807, 2.05) is 63.2 Å². The van der Waals surface area contributed by atoms with E-state index < -0.39 is 0 Å². The molecule has 25 heavy (non-hydrogen) atoms. The third-order valence-corrected chi connectivity index (χ3v) is 4.41. The van der Waals surface area contributed by atoms with Crippen molar-refractivity contribution in [2.75, 3.05) is 18.9 Å². The number of anilines is 1. The summed E-state index contributed by atoms with van der Waals surface area (Å²) in [7, 11) is 1.66. The molecule has 0 aliphatic rings. The number of nitrogens with one attached hydrogen (secondary N) is 1. The van der Waals surface area contributed by atoms with E-state index in [9.17, 15) is 9.59 Å². The predicted molar refractivity (Wildman–Crippen MR) is 102 cm³/mol. The van der Waals surface area contributed by atoms with Gasteiger partial charge in [0.25, 0.3) is 0 Å². The number of carbonyl (C=O) groups is 2. The van der Waals surface area contributed by atoms with Gasteiger partial charge in [-0.2, -0.15) is 0 Å². The lowest BCUT2D eigenvalue weighted by molar-refractivity contribution is -0.132. The van der Waals surface area contributed by atoms with Crippen molar-refractivity contribution in [3.05, 3.63) is 64.7 Å². The van der Waals surface area contributed by atoms with Crippen LogP contribution in [0.1, 0.15) is 29.2 Å². The maximum Gasteiger partial charge on any atom is 0.243 e. The van der Waals surface area contributed by atoms with Gasteiger partial charge in [0, 0.05) is 12.7 Å². The Morgan fingerprint density at radius 1 is 1.04 bits per heavy atom. The third-order valence-electron chi connectivity index (χ3n) is 4.41. The van der Waals surface area contributed by atoms with E-state index in [1.165, 1.54) is 16.0 Å². The Kier molecular flexibility index (Phi) is 6.34. The standard InChI is InChI=1S/C21H26N2O2/c1-5-18-8-6-7-9-19(18)22-20(24)14-23(4)21(25)13-17-11-10-15(2)16(3)12-17/h6-12H,5,13-14H2,1-4H3,(H,22,24). The molecular formula is C21H26N2O2. The average molecular weight is 338 g/mol. The number of nitrogens with zero attached hydrogens (tertiary/aromatic N) is 1. The zero-order valence-electron chi connectivity index (χ0n) is 15.4. The van der Waals surface area contributed by atoms with Gasteiger partial charge < -0.3 is 10.2 Å². The van der Waals surface area contributed by atoms with Gasteiger partial charge in [-0.15, -0.1) is 0 Å². The van der Waals surface area contributed by atoms with Crippen molar-refractivity contribution in [2.45, 2.75) is 33.6 Å². The van der Waals surface area contributed by atoms with E-state index >= 15 is 0 Å². The molecule has 0 aliphatic heterocycles. The quantitative estimate of drug-likeness (QED) is 0.876. The number of likely N-dealkylation sites (N-methyl/N-ethyl adjacent to an activating group) is 1. The number of hydrogen-bond acceptors (Lipinski definition) is 2. The molecule has 2 amide bonds. The van der Waals surface area contributed by atoms with Crippen LogP contribution in [0, 0.1) is 13.8 Å². The number of rotatable bonds is 6. The highest BCUT2D eigenvalue weighted by Crippen LogP contribution is 2.15. The molecule has 0 atom stereocenters. The third kappa shape index (κ3) is 5.18. The molecule has 0 saturated carbocycles. The zero-order valence-corrected chi connectivity index (χ0v) is 15.4. The first kappa shape index (κ1) is 18.7. The molecule has 4 nitrogen and oxygen atoms in total. The van der Waals surface area contributed by atoms with E-state index in [-0.39, 0.29) is 18.4 Å². The molecule has 132 valence electrons. The van der Waals surface area contributed by atoms with Gasteiger partial charge in [0.15, 0.2) is 0 Å². The van der Waals surface area contributed by atoms with Crippen LogP contribution in [-0.2, 0) is 22.4 Å². The maximum absolute atomic E-state index is 12.4. The molecule has 0 aromatic heterocycles. The maximum atomic E-state index is 12.4. The van der Waals surface area contributed by atoms with Crippen LogP contribution in [0.4, 0.5) is 5.69 Å². The monoisotopic (exact) mass is 338 g/mol. The van der Waals surface area contributed by atoms with E-state index in [1.54, 1.807) is 7.05 Å². The smallest absolute Gasteiger partial charge is 0.243 e. The Hall–Kier alpha value is -2.62. The molecule has 0 radical (unpaired) electrons. The number of para-hydroxylation sites is 1. The molecule has 0 unspecified atom stereocenters. The van der Waals surface area contributed by atoms with Gasteiger partial charge >= 0.3 is 0 Å². The summed E-state index contributed by atoms with van der Waals surface area (Å²) in [4.78, 5) is 26.1. The second-order valence-electron chi connectivity index (χ2n) is 6.40. The van der Waals surface area contributed by atoms with Gasteiger partial charge in [-0.1, -0.05) is 43.3 Å². The Bertz CT molecular complexity index is 768. The largest absolute Gasteiger partial charge is 0.336 e. The topological polar surface area (TPSA) is 49.4 Å². The first-order valence-electron chi connectivity index (χ1n) is 8.58. The molecule has 1 N–H and O–H groups in total. The summed E-state index contributed by atoms with van der Waals surface area (Å²) in [5.74, 6) is -0.251. The summed E-state index contributed by atoms with van der Waals surface area (Å²) in [6.45, 7) is 6.17. The minimum atomic E-state index is -0.183. The molecule has 0 bridgehead atoms. The first-order valence-corrected chi connectivity index (χ1v) is 8.58. The number of hydrogen-bond donors (Lipinski definition) is 1. The summed E-state index contributed by atoms with van der Waals surface area (Å²) in [6.07, 6.45) is 1.15. The molecule has 2 rings (SSSR count). The van der Waals surface area contributed by atoms with Crippen LogP contribution in [0.15, 0.2) is 42.5 Å². The van der Waals surface area contributed by atoms with Crippen LogP contribution in [0.2, 0.25) is 0 Å². The van der Waals surface area contributed by atoms with E-state index in [0.29, 0.717) is 6.42 Å². The number of benzene rings is 2. The fraction of sp³-hybridized carbons (Fsp3) is 0.333. The van der Waals surface area contributed by atoms with Gasteiger partial charge in [0.1, 0.15) is 0 Å². The average Bonchev–Trinajstić information content (AvgIpc) is 2.58. The highest BCUT2D eigenvalue weighted by atomic mass is 16.2. The van der Waals surface area contributed by atoms with Crippen LogP contribution in [0.25, 0.3) is 0 Å². The summed E-state index contributed by atoms with van der Waals surface area (Å²) < 4.78 is 0. The van der Waals surface area contributed by atoms with Crippen LogP contribution in [0.5, 0.6) is 0 Å². The predicted octanol–water partition coefficient (Wildman–Crippen LogP) is 3.51. The molecule has 0 spiro atoms. The van der Waals surface area contributed by atoms with E-state index in [2.05, 4.69) is 5.32 Å². The van der Waals surface area contributed by atoms with Gasteiger partial charge in [0.2, 0.25) is 11.8 Å². The van der Waals surface area contributed by atoms with Gasteiger partial charge in [0.05, 0.1) is 13.0 Å². The highest BCUT2D eigenvalue weighted by Gasteiger charge is 2.14. The fourth-order valence-electron chi connectivity index (χ4n) is 2.67. The molecule has 0 aliphatic carbocycles. The first-order chi connectivity index (χ1) is 11.9. The highest BCUT2D eigenvalue weighted by molar-refractivity contribution is 5.95. The van der Waals surface area contributed by atoms with Crippen molar-refractivity contribution in [1.82, 2.24) is 4.90 Å². The van der Waals surface area contributed by atoms with Crippen molar-refractivity contribution >= 4 is 17.5 Å². The van der Waals surface area contributed by atoms with Crippen molar-refractivity contribution in [2.24, 2.45) is 0 Å². The Morgan fingerprint density at radius 3 is 2.44 bits per heavy atom. The molecule has 2 aromatic rings. The lowest BCUT2D eigenvalue weighted by atomic mass is 10.0. The number of carbonyl (C=O) groups excluding carboxylic acids is 2. The van der Waals surface area contributed by atoms with Gasteiger partial charge in [-0.25, -0.2) is 0 Å².